The summed E-state index contributed by atoms with van der Waals surface area (Å²) in [7, 11) is 1.52. The Bertz CT molecular complexity index is 482. The molecule has 0 aromatic rings. The second-order valence-corrected chi connectivity index (χ2v) is 10.1. The van der Waals surface area contributed by atoms with Crippen molar-refractivity contribution in [2.75, 3.05) is 20.3 Å². The largest absolute Gasteiger partial charge is 0.469 e. The summed E-state index contributed by atoms with van der Waals surface area (Å²) >= 11 is 0. The Morgan fingerprint density at radius 2 is 1.50 bits per heavy atom. The highest BCUT2D eigenvalue weighted by molar-refractivity contribution is 5.72. The molecule has 2 atom stereocenters. The lowest BCUT2D eigenvalue weighted by molar-refractivity contribution is -0.148. The fraction of sp³-hybridized carbons (Fsp3) is 0.958. The molecule has 2 heterocycles. The number of rotatable bonds is 7. The summed E-state index contributed by atoms with van der Waals surface area (Å²) in [5, 5.41) is 0. The maximum absolute atomic E-state index is 11.9. The Balaban J connectivity index is 1.13. The molecule has 0 N–H and O–H groups in total. The van der Waals surface area contributed by atoms with E-state index < -0.39 is 0 Å². The molecule has 4 rings (SSSR count). The molecule has 0 radical (unpaired) electrons. The lowest BCUT2D eigenvalue weighted by atomic mass is 9.77. The van der Waals surface area contributed by atoms with Gasteiger partial charge >= 0.3 is 5.97 Å². The minimum Gasteiger partial charge on any atom is -0.469 e. The Hall–Kier alpha value is -0.610. The van der Waals surface area contributed by atoms with Crippen molar-refractivity contribution in [3.05, 3.63) is 0 Å². The van der Waals surface area contributed by atoms with E-state index in [4.69, 9.17) is 9.47 Å². The van der Waals surface area contributed by atoms with Crippen molar-refractivity contribution in [3.8, 4) is 0 Å². The molecule has 2 aliphatic carbocycles. The summed E-state index contributed by atoms with van der Waals surface area (Å²) < 4.78 is 11.3. The van der Waals surface area contributed by atoms with Crippen molar-refractivity contribution in [2.24, 2.45) is 17.8 Å². The fourth-order valence-corrected chi connectivity index (χ4v) is 6.75. The molecule has 2 bridgehead atoms. The van der Waals surface area contributed by atoms with Crippen molar-refractivity contribution >= 4 is 5.97 Å². The lowest BCUT2D eigenvalue weighted by Gasteiger charge is -2.38. The average molecular weight is 392 g/mol. The lowest BCUT2D eigenvalue weighted by Crippen LogP contribution is -2.46. The van der Waals surface area contributed by atoms with Crippen LogP contribution in [0.25, 0.3) is 0 Å². The van der Waals surface area contributed by atoms with E-state index in [9.17, 15) is 4.79 Å². The van der Waals surface area contributed by atoms with Gasteiger partial charge in [0, 0.05) is 18.6 Å². The van der Waals surface area contributed by atoms with Gasteiger partial charge in [-0.2, -0.15) is 0 Å². The third-order valence-electron chi connectivity index (χ3n) is 8.31. The Kier molecular flexibility index (Phi) is 7.33. The van der Waals surface area contributed by atoms with Crippen molar-refractivity contribution in [1.29, 1.82) is 0 Å². The van der Waals surface area contributed by atoms with E-state index in [2.05, 4.69) is 4.90 Å². The van der Waals surface area contributed by atoms with Crippen LogP contribution in [0.2, 0.25) is 0 Å². The average Bonchev–Trinajstić information content (AvgIpc) is 2.96. The highest BCUT2D eigenvalue weighted by Crippen LogP contribution is 2.39. The van der Waals surface area contributed by atoms with E-state index in [1.54, 1.807) is 0 Å². The molecule has 0 spiro atoms. The molecule has 4 aliphatic rings. The van der Waals surface area contributed by atoms with Gasteiger partial charge in [0.05, 0.1) is 25.7 Å². The van der Waals surface area contributed by atoms with Crippen LogP contribution in [0.5, 0.6) is 0 Å². The van der Waals surface area contributed by atoms with Crippen molar-refractivity contribution in [2.45, 2.75) is 108 Å². The Morgan fingerprint density at radius 3 is 2.14 bits per heavy atom. The van der Waals surface area contributed by atoms with E-state index in [1.807, 2.05) is 0 Å². The van der Waals surface area contributed by atoms with Crippen LogP contribution in [0, 0.1) is 17.8 Å². The van der Waals surface area contributed by atoms with Gasteiger partial charge in [-0.15, -0.1) is 0 Å². The SMILES string of the molecule is COC(=O)C1CC2CCC(C1)N2CCOC1CCC(CC2CCCCC2)CC1. The second kappa shape index (κ2) is 9.93. The molecule has 2 saturated carbocycles. The van der Waals surface area contributed by atoms with Gasteiger partial charge in [-0.25, -0.2) is 0 Å². The number of methoxy groups -OCH3 is 1. The monoisotopic (exact) mass is 391 g/mol. The fourth-order valence-electron chi connectivity index (χ4n) is 6.75. The van der Waals surface area contributed by atoms with Gasteiger partial charge in [0.1, 0.15) is 0 Å². The Morgan fingerprint density at radius 1 is 0.857 bits per heavy atom. The zero-order valence-corrected chi connectivity index (χ0v) is 17.9. The third kappa shape index (κ3) is 5.11. The topological polar surface area (TPSA) is 38.8 Å². The molecular weight excluding hydrogens is 350 g/mol. The number of ether oxygens (including phenoxy) is 2. The summed E-state index contributed by atoms with van der Waals surface area (Å²) in [5.41, 5.74) is 0. The first-order valence-corrected chi connectivity index (χ1v) is 12.2. The van der Waals surface area contributed by atoms with Crippen molar-refractivity contribution < 1.29 is 14.3 Å². The zero-order chi connectivity index (χ0) is 19.3. The number of nitrogens with zero attached hydrogens (tertiary/aromatic N) is 1. The predicted molar refractivity (Wildman–Crippen MR) is 111 cm³/mol. The van der Waals surface area contributed by atoms with E-state index >= 15 is 0 Å². The molecule has 28 heavy (non-hydrogen) atoms. The van der Waals surface area contributed by atoms with Gasteiger partial charge in [-0.3, -0.25) is 9.69 Å². The maximum Gasteiger partial charge on any atom is 0.308 e. The van der Waals surface area contributed by atoms with E-state index in [0.717, 1.165) is 37.8 Å². The molecule has 160 valence electrons. The highest BCUT2D eigenvalue weighted by atomic mass is 16.5. The highest BCUT2D eigenvalue weighted by Gasteiger charge is 2.43. The van der Waals surface area contributed by atoms with Crippen LogP contribution < -0.4 is 0 Å². The van der Waals surface area contributed by atoms with E-state index in [-0.39, 0.29) is 11.9 Å². The molecular formula is C24H41NO3. The first kappa shape index (κ1) is 20.7. The van der Waals surface area contributed by atoms with Crippen LogP contribution in [-0.2, 0) is 14.3 Å². The van der Waals surface area contributed by atoms with Crippen LogP contribution in [-0.4, -0.2) is 49.3 Å². The summed E-state index contributed by atoms with van der Waals surface area (Å²) in [4.78, 5) is 14.5. The maximum atomic E-state index is 11.9. The van der Waals surface area contributed by atoms with Gasteiger partial charge in [-0.05, 0) is 69.6 Å². The number of carbonyl (C=O) groups excluding carboxylic acids is 1. The molecule has 0 aromatic heterocycles. The first-order valence-electron chi connectivity index (χ1n) is 12.2. The number of carbonyl (C=O) groups is 1. The van der Waals surface area contributed by atoms with Crippen molar-refractivity contribution in [3.63, 3.8) is 0 Å². The number of hydrogen-bond acceptors (Lipinski definition) is 4. The number of esters is 1. The van der Waals surface area contributed by atoms with Gasteiger partial charge in [-0.1, -0.05) is 32.1 Å². The van der Waals surface area contributed by atoms with Crippen molar-refractivity contribution in [1.82, 2.24) is 4.90 Å². The van der Waals surface area contributed by atoms with Crippen LogP contribution in [0.3, 0.4) is 0 Å². The van der Waals surface area contributed by atoms with Crippen LogP contribution in [0.1, 0.15) is 89.9 Å². The van der Waals surface area contributed by atoms with E-state index in [1.165, 1.54) is 84.2 Å². The van der Waals surface area contributed by atoms with Gasteiger partial charge < -0.3 is 9.47 Å². The molecule has 0 amide bonds. The van der Waals surface area contributed by atoms with Crippen LogP contribution >= 0.6 is 0 Å². The van der Waals surface area contributed by atoms with Crippen LogP contribution in [0.4, 0.5) is 0 Å². The minimum atomic E-state index is -0.00205. The number of piperidine rings is 1. The molecule has 4 nitrogen and oxygen atoms in total. The zero-order valence-electron chi connectivity index (χ0n) is 17.9. The van der Waals surface area contributed by atoms with Gasteiger partial charge in [0.25, 0.3) is 0 Å². The summed E-state index contributed by atoms with van der Waals surface area (Å²) in [6, 6.07) is 1.13. The second-order valence-electron chi connectivity index (χ2n) is 10.1. The molecule has 2 saturated heterocycles. The van der Waals surface area contributed by atoms with Gasteiger partial charge in [0.15, 0.2) is 0 Å². The standard InChI is InChI=1S/C24H41NO3/c1-27-24(26)20-16-21-9-10-22(17-20)25(21)13-14-28-23-11-7-19(8-12-23)15-18-5-3-2-4-6-18/h18-23H,2-17H2,1H3. The number of hydrogen-bond donors (Lipinski definition) is 0. The summed E-state index contributed by atoms with van der Waals surface area (Å²) in [6.45, 7) is 1.92. The van der Waals surface area contributed by atoms with Crippen LogP contribution in [0.15, 0.2) is 0 Å². The smallest absolute Gasteiger partial charge is 0.308 e. The molecule has 4 fully saturated rings. The summed E-state index contributed by atoms with van der Waals surface area (Å²) in [5.74, 6) is 2.12. The number of fused-ring (bicyclic) bond motifs is 2. The predicted octanol–water partition coefficient (Wildman–Crippen LogP) is 4.95. The van der Waals surface area contributed by atoms with Gasteiger partial charge in [0.2, 0.25) is 0 Å². The molecule has 2 aliphatic heterocycles. The minimum absolute atomic E-state index is 0.00205. The molecule has 2 unspecified atom stereocenters. The Labute approximate surface area is 171 Å². The third-order valence-corrected chi connectivity index (χ3v) is 8.31. The summed E-state index contributed by atoms with van der Waals surface area (Å²) in [6.07, 6.45) is 19.1. The van der Waals surface area contributed by atoms with E-state index in [0.29, 0.717) is 18.2 Å². The normalized spacial score (nSPS) is 37.1. The molecule has 4 heteroatoms. The first-order chi connectivity index (χ1) is 13.7. The molecule has 0 aromatic carbocycles. The quantitative estimate of drug-likeness (QED) is 0.576.